The van der Waals surface area contributed by atoms with Gasteiger partial charge in [-0.2, -0.15) is 4.98 Å². The summed E-state index contributed by atoms with van der Waals surface area (Å²) in [4.78, 5) is 17.0. The van der Waals surface area contributed by atoms with Crippen molar-refractivity contribution in [2.75, 3.05) is 4.90 Å². The van der Waals surface area contributed by atoms with E-state index in [0.717, 1.165) is 55.9 Å². The standard InChI is InChI=1S/C46H31N5O2/c1-30-28-29-36-35-20-11-24-40(45(35)53-46(36)47-30)52-43-27-13-26-42(49-43)51(32-16-6-3-7-17-32)41-25-12-22-38(48-41)37-21-10-19-34-33-18-8-9-23-39(33)50(44(34)37)31-14-4-2-5-15-31/h2-29H,1H3. The summed E-state index contributed by atoms with van der Waals surface area (Å²) >= 11 is 0. The minimum Gasteiger partial charge on any atom is -0.435 e. The lowest BCUT2D eigenvalue weighted by Gasteiger charge is -2.24. The normalized spacial score (nSPS) is 11.5. The first-order valence-corrected chi connectivity index (χ1v) is 17.5. The summed E-state index contributed by atoms with van der Waals surface area (Å²) in [6.45, 7) is 1.95. The lowest BCUT2D eigenvalue weighted by molar-refractivity contribution is 0.458. The molecule has 0 unspecified atom stereocenters. The molecule has 0 saturated heterocycles. The molecule has 0 amide bonds. The van der Waals surface area contributed by atoms with E-state index in [-0.39, 0.29) is 0 Å². The number of aryl methyl sites for hydroxylation is 1. The van der Waals surface area contributed by atoms with Gasteiger partial charge in [0.05, 0.1) is 16.7 Å². The number of nitrogens with zero attached hydrogens (tertiary/aromatic N) is 5. The molecule has 0 aliphatic heterocycles. The molecule has 5 aromatic heterocycles. The lowest BCUT2D eigenvalue weighted by Crippen LogP contribution is -2.13. The first kappa shape index (κ1) is 30.6. The van der Waals surface area contributed by atoms with Crippen LogP contribution in [0.5, 0.6) is 11.6 Å². The van der Waals surface area contributed by atoms with Crippen molar-refractivity contribution in [1.82, 2.24) is 19.5 Å². The molecular formula is C46H31N5O2. The quantitative estimate of drug-likeness (QED) is 0.166. The number of ether oxygens (including phenoxy) is 1. The van der Waals surface area contributed by atoms with Gasteiger partial charge >= 0.3 is 0 Å². The van der Waals surface area contributed by atoms with Crippen molar-refractivity contribution in [3.63, 3.8) is 0 Å². The highest BCUT2D eigenvalue weighted by molar-refractivity contribution is 6.13. The van der Waals surface area contributed by atoms with Crippen LogP contribution >= 0.6 is 0 Å². The fourth-order valence-corrected chi connectivity index (χ4v) is 7.25. The number of benzene rings is 5. The highest BCUT2D eigenvalue weighted by Crippen LogP contribution is 2.40. The fourth-order valence-electron chi connectivity index (χ4n) is 7.25. The van der Waals surface area contributed by atoms with Crippen LogP contribution < -0.4 is 9.64 Å². The van der Waals surface area contributed by atoms with E-state index in [1.165, 1.54) is 10.8 Å². The summed E-state index contributed by atoms with van der Waals surface area (Å²) in [5, 5.41) is 4.25. The molecule has 252 valence electrons. The molecule has 0 atom stereocenters. The highest BCUT2D eigenvalue weighted by atomic mass is 16.5. The monoisotopic (exact) mass is 685 g/mol. The molecule has 53 heavy (non-hydrogen) atoms. The van der Waals surface area contributed by atoms with Gasteiger partial charge in [-0.1, -0.05) is 97.1 Å². The van der Waals surface area contributed by atoms with E-state index in [2.05, 4.69) is 105 Å². The first-order valence-electron chi connectivity index (χ1n) is 17.5. The maximum Gasteiger partial charge on any atom is 0.227 e. The Kier molecular flexibility index (Phi) is 7.21. The molecule has 7 nitrogen and oxygen atoms in total. The lowest BCUT2D eigenvalue weighted by atomic mass is 10.1. The molecule has 0 spiro atoms. The number of anilines is 3. The van der Waals surface area contributed by atoms with Gasteiger partial charge in [-0.05, 0) is 73.7 Å². The highest BCUT2D eigenvalue weighted by Gasteiger charge is 2.21. The minimum absolute atomic E-state index is 0.425. The van der Waals surface area contributed by atoms with Crippen LogP contribution in [-0.4, -0.2) is 19.5 Å². The van der Waals surface area contributed by atoms with Crippen molar-refractivity contribution < 1.29 is 9.15 Å². The molecule has 10 aromatic rings. The third-order valence-electron chi connectivity index (χ3n) is 9.58. The number of hydrogen-bond acceptors (Lipinski definition) is 6. The van der Waals surface area contributed by atoms with Crippen LogP contribution in [0.15, 0.2) is 174 Å². The van der Waals surface area contributed by atoms with Gasteiger partial charge in [0.15, 0.2) is 11.3 Å². The van der Waals surface area contributed by atoms with E-state index in [1.54, 1.807) is 0 Å². The molecule has 5 aromatic carbocycles. The van der Waals surface area contributed by atoms with Crippen molar-refractivity contribution in [1.29, 1.82) is 0 Å². The van der Waals surface area contributed by atoms with Crippen LogP contribution in [-0.2, 0) is 0 Å². The predicted molar refractivity (Wildman–Crippen MR) is 213 cm³/mol. The van der Waals surface area contributed by atoms with Crippen LogP contribution in [0.4, 0.5) is 17.3 Å². The number of para-hydroxylation sites is 5. The number of aromatic nitrogens is 4. The number of rotatable bonds is 7. The Labute approximate surface area is 305 Å². The van der Waals surface area contributed by atoms with Gasteiger partial charge < -0.3 is 13.7 Å². The molecule has 0 aliphatic carbocycles. The second-order valence-corrected chi connectivity index (χ2v) is 12.9. The number of fused-ring (bicyclic) bond motifs is 6. The zero-order chi connectivity index (χ0) is 35.3. The van der Waals surface area contributed by atoms with Gasteiger partial charge in [0.2, 0.25) is 11.6 Å². The zero-order valence-corrected chi connectivity index (χ0v) is 28.7. The van der Waals surface area contributed by atoms with Gasteiger partial charge in [0, 0.05) is 50.2 Å². The van der Waals surface area contributed by atoms with E-state index in [9.17, 15) is 0 Å². The predicted octanol–water partition coefficient (Wildman–Crippen LogP) is 12.1. The minimum atomic E-state index is 0.425. The smallest absolute Gasteiger partial charge is 0.227 e. The third kappa shape index (κ3) is 5.26. The average molecular weight is 686 g/mol. The Morgan fingerprint density at radius 1 is 0.547 bits per heavy atom. The van der Waals surface area contributed by atoms with Crippen LogP contribution in [0.1, 0.15) is 5.69 Å². The van der Waals surface area contributed by atoms with Crippen LogP contribution in [0.2, 0.25) is 0 Å². The molecule has 0 bridgehead atoms. The summed E-state index contributed by atoms with van der Waals surface area (Å²) < 4.78 is 15.0. The maximum atomic E-state index is 6.46. The summed E-state index contributed by atoms with van der Waals surface area (Å²) in [7, 11) is 0. The average Bonchev–Trinajstić information content (AvgIpc) is 3.75. The topological polar surface area (TPSA) is 69.2 Å². The fraction of sp³-hybridized carbons (Fsp3) is 0.0217. The van der Waals surface area contributed by atoms with Gasteiger partial charge in [0.1, 0.15) is 11.6 Å². The molecule has 7 heteroatoms. The first-order chi connectivity index (χ1) is 26.2. The van der Waals surface area contributed by atoms with Crippen LogP contribution in [0.3, 0.4) is 0 Å². The Bertz CT molecular complexity index is 2950. The zero-order valence-electron chi connectivity index (χ0n) is 28.7. The SMILES string of the molecule is Cc1ccc2c(n1)oc1c(Oc3cccc(N(c4ccccc4)c4cccc(-c5cccc6c7ccccc7n(-c7ccccc7)c56)n4)n3)cccc12. The molecular weight excluding hydrogens is 655 g/mol. The largest absolute Gasteiger partial charge is 0.435 e. The number of furan rings is 1. The second kappa shape index (κ2) is 12.5. The van der Waals surface area contributed by atoms with Crippen molar-refractivity contribution >= 4 is 61.2 Å². The molecule has 0 fully saturated rings. The van der Waals surface area contributed by atoms with E-state index < -0.39 is 0 Å². The molecule has 0 N–H and O–H groups in total. The third-order valence-corrected chi connectivity index (χ3v) is 9.58. The Morgan fingerprint density at radius 2 is 1.25 bits per heavy atom. The Balaban J connectivity index is 1.10. The summed E-state index contributed by atoms with van der Waals surface area (Å²) in [5.41, 5.74) is 8.25. The Morgan fingerprint density at radius 3 is 2.11 bits per heavy atom. The Hall–Kier alpha value is -7.25. The molecule has 0 aliphatic rings. The van der Waals surface area contributed by atoms with Crippen molar-refractivity contribution in [2.45, 2.75) is 6.92 Å². The van der Waals surface area contributed by atoms with Crippen molar-refractivity contribution in [3.05, 3.63) is 176 Å². The van der Waals surface area contributed by atoms with Crippen LogP contribution in [0.25, 0.3) is 60.8 Å². The van der Waals surface area contributed by atoms with Crippen LogP contribution in [0, 0.1) is 6.92 Å². The second-order valence-electron chi connectivity index (χ2n) is 12.9. The molecule has 0 saturated carbocycles. The number of pyridine rings is 3. The summed E-state index contributed by atoms with van der Waals surface area (Å²) in [6.07, 6.45) is 0. The van der Waals surface area contributed by atoms with Gasteiger partial charge in [-0.3, -0.25) is 4.90 Å². The number of hydrogen-bond donors (Lipinski definition) is 0. The van der Waals surface area contributed by atoms with E-state index in [0.29, 0.717) is 28.7 Å². The molecule has 10 rings (SSSR count). The maximum absolute atomic E-state index is 6.46. The van der Waals surface area contributed by atoms with Crippen molar-refractivity contribution in [2.24, 2.45) is 0 Å². The molecule has 0 radical (unpaired) electrons. The van der Waals surface area contributed by atoms with E-state index in [1.807, 2.05) is 85.8 Å². The van der Waals surface area contributed by atoms with Crippen molar-refractivity contribution in [3.8, 4) is 28.6 Å². The molecule has 5 heterocycles. The van der Waals surface area contributed by atoms with Gasteiger partial charge in [-0.15, -0.1) is 0 Å². The summed E-state index contributed by atoms with van der Waals surface area (Å²) in [6, 6.07) is 57.5. The van der Waals surface area contributed by atoms with Gasteiger partial charge in [0.25, 0.3) is 0 Å². The van der Waals surface area contributed by atoms with Gasteiger partial charge in [-0.25, -0.2) is 9.97 Å². The van der Waals surface area contributed by atoms with E-state index in [4.69, 9.17) is 19.1 Å². The summed E-state index contributed by atoms with van der Waals surface area (Å²) in [5.74, 6) is 2.37. The van der Waals surface area contributed by atoms with E-state index >= 15 is 0 Å².